The van der Waals surface area contributed by atoms with Crippen LogP contribution in [0, 0.1) is 6.92 Å². The zero-order chi connectivity index (χ0) is 19.1. The van der Waals surface area contributed by atoms with E-state index in [9.17, 15) is 4.79 Å². The highest BCUT2D eigenvalue weighted by Gasteiger charge is 2.25. The van der Waals surface area contributed by atoms with Crippen molar-refractivity contribution in [3.63, 3.8) is 0 Å². The van der Waals surface area contributed by atoms with Gasteiger partial charge in [0.05, 0.1) is 12.1 Å². The summed E-state index contributed by atoms with van der Waals surface area (Å²) in [6.07, 6.45) is 0.900. The maximum absolute atomic E-state index is 13.1. The van der Waals surface area contributed by atoms with E-state index < -0.39 is 0 Å². The van der Waals surface area contributed by atoms with Crippen LogP contribution in [0.1, 0.15) is 27.0 Å². The lowest BCUT2D eigenvalue weighted by Gasteiger charge is -2.17. The van der Waals surface area contributed by atoms with E-state index in [1.165, 1.54) is 16.7 Å². The minimum Gasteiger partial charge on any atom is -0.308 e. The second-order valence-electron chi connectivity index (χ2n) is 7.21. The molecule has 138 valence electrons. The molecule has 4 aromatic rings. The number of aryl methyl sites for hydroxylation is 1. The molecule has 0 N–H and O–H groups in total. The van der Waals surface area contributed by atoms with Gasteiger partial charge in [-0.05, 0) is 54.3 Å². The van der Waals surface area contributed by atoms with Crippen molar-refractivity contribution >= 4 is 22.6 Å². The quantitative estimate of drug-likeness (QED) is 0.549. The highest BCUT2D eigenvalue weighted by atomic mass is 16.2. The number of amides is 1. The van der Waals surface area contributed by atoms with Crippen LogP contribution in [0.4, 0.5) is 5.69 Å². The molecule has 1 amide bonds. The summed E-state index contributed by atoms with van der Waals surface area (Å²) in [7, 11) is 0. The van der Waals surface area contributed by atoms with Gasteiger partial charge in [0.15, 0.2) is 0 Å². The molecule has 0 radical (unpaired) electrons. The zero-order valence-corrected chi connectivity index (χ0v) is 15.7. The first-order chi connectivity index (χ1) is 13.7. The number of aromatic nitrogens is 3. The van der Waals surface area contributed by atoms with Gasteiger partial charge in [-0.3, -0.25) is 4.79 Å². The van der Waals surface area contributed by atoms with Gasteiger partial charge in [0.25, 0.3) is 5.91 Å². The van der Waals surface area contributed by atoms with Crippen molar-refractivity contribution in [3.8, 4) is 0 Å². The summed E-state index contributed by atoms with van der Waals surface area (Å²) in [6, 6.07) is 22.0. The van der Waals surface area contributed by atoms with Gasteiger partial charge in [-0.25, -0.2) is 4.68 Å². The van der Waals surface area contributed by atoms with Crippen molar-refractivity contribution < 1.29 is 4.79 Å². The third-order valence-corrected chi connectivity index (χ3v) is 5.47. The Hall–Kier alpha value is -3.47. The van der Waals surface area contributed by atoms with Crippen LogP contribution in [0.25, 0.3) is 11.0 Å². The number of nitrogens with zero attached hydrogens (tertiary/aromatic N) is 4. The Labute approximate surface area is 163 Å². The molecular formula is C23H20N4O. The fourth-order valence-corrected chi connectivity index (χ4v) is 3.88. The van der Waals surface area contributed by atoms with Crippen LogP contribution in [-0.4, -0.2) is 27.4 Å². The molecule has 2 heterocycles. The van der Waals surface area contributed by atoms with Crippen molar-refractivity contribution in [3.05, 3.63) is 89.0 Å². The summed E-state index contributed by atoms with van der Waals surface area (Å²) in [5, 5.41) is 8.61. The van der Waals surface area contributed by atoms with E-state index in [0.29, 0.717) is 12.1 Å². The zero-order valence-electron chi connectivity index (χ0n) is 15.7. The van der Waals surface area contributed by atoms with Crippen LogP contribution in [0.3, 0.4) is 0 Å². The highest BCUT2D eigenvalue weighted by molar-refractivity contribution is 6.08. The van der Waals surface area contributed by atoms with E-state index in [4.69, 9.17) is 0 Å². The summed E-state index contributed by atoms with van der Waals surface area (Å²) >= 11 is 0. The van der Waals surface area contributed by atoms with Crippen LogP contribution in [0.5, 0.6) is 0 Å². The van der Waals surface area contributed by atoms with Crippen LogP contribution >= 0.6 is 0 Å². The van der Waals surface area contributed by atoms with Gasteiger partial charge in [0.2, 0.25) is 0 Å². The molecule has 1 aromatic heterocycles. The molecule has 0 unspecified atom stereocenters. The number of rotatable bonds is 3. The van der Waals surface area contributed by atoms with E-state index in [0.717, 1.165) is 29.7 Å². The predicted octanol–water partition coefficient (Wildman–Crippen LogP) is 3.99. The molecule has 3 aromatic carbocycles. The summed E-state index contributed by atoms with van der Waals surface area (Å²) in [6.45, 7) is 3.48. The maximum Gasteiger partial charge on any atom is 0.258 e. The minimum absolute atomic E-state index is 0.0142. The standard InChI is InChI=1S/C23H20N4O/c1-16-6-2-3-8-19(16)15-27-22-11-10-18(14-20(22)24-25-27)23(28)26-13-12-17-7-4-5-9-21(17)26/h2-11,14H,12-13,15H2,1H3. The van der Waals surface area contributed by atoms with Crippen molar-refractivity contribution in [2.45, 2.75) is 19.9 Å². The molecule has 0 bridgehead atoms. The van der Waals surface area contributed by atoms with Crippen molar-refractivity contribution in [2.24, 2.45) is 0 Å². The Balaban J connectivity index is 1.45. The van der Waals surface area contributed by atoms with Crippen molar-refractivity contribution in [1.82, 2.24) is 15.0 Å². The fourth-order valence-electron chi connectivity index (χ4n) is 3.88. The first kappa shape index (κ1) is 16.7. The number of hydrogen-bond acceptors (Lipinski definition) is 3. The lowest BCUT2D eigenvalue weighted by atomic mass is 10.1. The second-order valence-corrected chi connectivity index (χ2v) is 7.21. The number of hydrogen-bond donors (Lipinski definition) is 0. The molecule has 28 heavy (non-hydrogen) atoms. The van der Waals surface area contributed by atoms with Gasteiger partial charge in [-0.1, -0.05) is 47.7 Å². The SMILES string of the molecule is Cc1ccccc1Cn1nnc2cc(C(=O)N3CCc4ccccc43)ccc21. The van der Waals surface area contributed by atoms with E-state index in [1.807, 2.05) is 58.1 Å². The normalized spacial score (nSPS) is 13.1. The maximum atomic E-state index is 13.1. The number of carbonyl (C=O) groups is 1. The topological polar surface area (TPSA) is 51.0 Å². The van der Waals surface area contributed by atoms with Crippen LogP contribution in [0.15, 0.2) is 66.7 Å². The number of anilines is 1. The minimum atomic E-state index is 0.0142. The monoisotopic (exact) mass is 368 g/mol. The second kappa shape index (κ2) is 6.60. The molecular weight excluding hydrogens is 348 g/mol. The third-order valence-electron chi connectivity index (χ3n) is 5.47. The smallest absolute Gasteiger partial charge is 0.258 e. The predicted molar refractivity (Wildman–Crippen MR) is 110 cm³/mol. The molecule has 5 heteroatoms. The van der Waals surface area contributed by atoms with Gasteiger partial charge in [-0.15, -0.1) is 5.10 Å². The lowest BCUT2D eigenvalue weighted by molar-refractivity contribution is 0.0989. The molecule has 0 saturated carbocycles. The molecule has 5 rings (SSSR count). The van der Waals surface area contributed by atoms with E-state index in [2.05, 4.69) is 35.4 Å². The van der Waals surface area contributed by atoms with Crippen LogP contribution in [0.2, 0.25) is 0 Å². The number of para-hydroxylation sites is 1. The van der Waals surface area contributed by atoms with Crippen molar-refractivity contribution in [1.29, 1.82) is 0 Å². The summed E-state index contributed by atoms with van der Waals surface area (Å²) in [5.41, 5.74) is 6.99. The van der Waals surface area contributed by atoms with Crippen LogP contribution < -0.4 is 4.90 Å². The van der Waals surface area contributed by atoms with Gasteiger partial charge in [-0.2, -0.15) is 0 Å². The Kier molecular flexibility index (Phi) is 3.93. The molecule has 0 aliphatic carbocycles. The third kappa shape index (κ3) is 2.76. The lowest BCUT2D eigenvalue weighted by Crippen LogP contribution is -2.28. The Morgan fingerprint density at radius 2 is 1.86 bits per heavy atom. The Morgan fingerprint density at radius 3 is 2.75 bits per heavy atom. The average molecular weight is 368 g/mol. The number of carbonyl (C=O) groups excluding carboxylic acids is 1. The molecule has 0 fully saturated rings. The first-order valence-corrected chi connectivity index (χ1v) is 9.48. The molecule has 0 atom stereocenters. The van der Waals surface area contributed by atoms with Gasteiger partial charge >= 0.3 is 0 Å². The molecule has 5 nitrogen and oxygen atoms in total. The molecule has 1 aliphatic heterocycles. The first-order valence-electron chi connectivity index (χ1n) is 9.48. The summed E-state index contributed by atoms with van der Waals surface area (Å²) in [4.78, 5) is 14.9. The van der Waals surface area contributed by atoms with Crippen molar-refractivity contribution in [2.75, 3.05) is 11.4 Å². The summed E-state index contributed by atoms with van der Waals surface area (Å²) in [5.74, 6) is 0.0142. The fraction of sp³-hybridized carbons (Fsp3) is 0.174. The van der Waals surface area contributed by atoms with E-state index >= 15 is 0 Å². The molecule has 0 spiro atoms. The average Bonchev–Trinajstić information content (AvgIpc) is 3.33. The van der Waals surface area contributed by atoms with E-state index in [-0.39, 0.29) is 5.91 Å². The Bertz CT molecular complexity index is 1190. The highest BCUT2D eigenvalue weighted by Crippen LogP contribution is 2.29. The largest absolute Gasteiger partial charge is 0.308 e. The molecule has 1 aliphatic rings. The Morgan fingerprint density at radius 1 is 1.04 bits per heavy atom. The van der Waals surface area contributed by atoms with Crippen LogP contribution in [-0.2, 0) is 13.0 Å². The van der Waals surface area contributed by atoms with Gasteiger partial charge < -0.3 is 4.90 Å². The number of benzene rings is 3. The number of fused-ring (bicyclic) bond motifs is 2. The van der Waals surface area contributed by atoms with E-state index in [1.54, 1.807) is 0 Å². The summed E-state index contributed by atoms with van der Waals surface area (Å²) < 4.78 is 1.89. The van der Waals surface area contributed by atoms with Gasteiger partial charge in [0, 0.05) is 17.8 Å². The molecule has 0 saturated heterocycles. The van der Waals surface area contributed by atoms with Gasteiger partial charge in [0.1, 0.15) is 5.52 Å².